The Morgan fingerprint density at radius 1 is 1.21 bits per heavy atom. The number of thiazole rings is 1. The highest BCUT2D eigenvalue weighted by Crippen LogP contribution is 2.36. The molecule has 1 atom stereocenters. The Hall–Kier alpha value is -3.49. The minimum atomic E-state index is -0.610. The lowest BCUT2D eigenvalue weighted by atomic mass is 9.97. The van der Waals surface area contributed by atoms with E-state index in [4.69, 9.17) is 9.73 Å². The molecule has 0 bridgehead atoms. The van der Waals surface area contributed by atoms with E-state index < -0.39 is 12.0 Å². The van der Waals surface area contributed by atoms with Crippen LogP contribution in [0.3, 0.4) is 0 Å². The maximum Gasteiger partial charge on any atom is 0.338 e. The van der Waals surface area contributed by atoms with Crippen LogP contribution in [0.5, 0.6) is 0 Å². The van der Waals surface area contributed by atoms with Gasteiger partial charge in [-0.25, -0.2) is 9.79 Å². The molecule has 1 N–H and O–H groups in total. The van der Waals surface area contributed by atoms with Gasteiger partial charge in [0, 0.05) is 21.8 Å². The summed E-state index contributed by atoms with van der Waals surface area (Å²) >= 11 is 2.84. The third-order valence-corrected chi connectivity index (χ3v) is 7.57. The van der Waals surface area contributed by atoms with Crippen molar-refractivity contribution in [2.75, 3.05) is 6.61 Å². The van der Waals surface area contributed by atoms with Crippen molar-refractivity contribution in [2.24, 2.45) is 4.99 Å². The molecule has 4 aromatic rings. The Balaban J connectivity index is 1.83. The number of aromatic amines is 1. The number of carbonyl (C=O) groups is 1. The number of benzene rings is 1. The molecule has 0 saturated carbocycles. The molecule has 8 heteroatoms. The summed E-state index contributed by atoms with van der Waals surface area (Å²) in [4.78, 5) is 36.6. The molecule has 1 aromatic carbocycles. The number of H-pyrrole nitrogens is 1. The maximum atomic E-state index is 13.7. The van der Waals surface area contributed by atoms with Crippen LogP contribution in [-0.4, -0.2) is 22.1 Å². The molecule has 1 aliphatic heterocycles. The van der Waals surface area contributed by atoms with E-state index in [0.717, 1.165) is 27.4 Å². The first-order valence-electron chi connectivity index (χ1n) is 11.0. The predicted octanol–water partition coefficient (Wildman–Crippen LogP) is 3.94. The molecule has 4 heterocycles. The second-order valence-corrected chi connectivity index (χ2v) is 9.97. The van der Waals surface area contributed by atoms with Gasteiger partial charge in [0.25, 0.3) is 5.56 Å². The Bertz CT molecular complexity index is 1570. The summed E-state index contributed by atoms with van der Waals surface area (Å²) in [5.41, 5.74) is 4.54. The SMILES string of the molecule is CCOC(=O)C1=C(c2ccccc2)N=c2sc(=Cc3cc(C)[nH]c3C)c(=O)n2[C@@H]1c1cccs1. The van der Waals surface area contributed by atoms with Crippen LogP contribution in [0, 0.1) is 13.8 Å². The van der Waals surface area contributed by atoms with Crippen LogP contribution < -0.4 is 14.9 Å². The van der Waals surface area contributed by atoms with E-state index in [9.17, 15) is 9.59 Å². The third-order valence-electron chi connectivity index (χ3n) is 5.66. The minimum absolute atomic E-state index is 0.172. The van der Waals surface area contributed by atoms with E-state index >= 15 is 0 Å². The average molecular weight is 490 g/mol. The van der Waals surface area contributed by atoms with Crippen molar-refractivity contribution in [3.8, 4) is 0 Å². The largest absolute Gasteiger partial charge is 0.463 e. The van der Waals surface area contributed by atoms with Crippen molar-refractivity contribution >= 4 is 40.4 Å². The zero-order chi connectivity index (χ0) is 23.8. The molecule has 1 aliphatic rings. The first kappa shape index (κ1) is 22.3. The fraction of sp³-hybridized carbons (Fsp3) is 0.192. The highest BCUT2D eigenvalue weighted by Gasteiger charge is 2.35. The van der Waals surface area contributed by atoms with Crippen LogP contribution in [0.1, 0.15) is 40.4 Å². The summed E-state index contributed by atoms with van der Waals surface area (Å²) in [6.45, 7) is 5.98. The second-order valence-electron chi connectivity index (χ2n) is 7.98. The number of rotatable bonds is 5. The first-order valence-corrected chi connectivity index (χ1v) is 12.7. The lowest BCUT2D eigenvalue weighted by molar-refractivity contribution is -0.138. The van der Waals surface area contributed by atoms with E-state index in [0.29, 0.717) is 20.6 Å². The number of hydrogen-bond donors (Lipinski definition) is 1. The number of ether oxygens (including phenoxy) is 1. The summed E-state index contributed by atoms with van der Waals surface area (Å²) < 4.78 is 7.67. The lowest BCUT2D eigenvalue weighted by Gasteiger charge is -2.24. The van der Waals surface area contributed by atoms with Gasteiger partial charge in [0.2, 0.25) is 0 Å². The van der Waals surface area contributed by atoms with Crippen molar-refractivity contribution in [1.29, 1.82) is 0 Å². The van der Waals surface area contributed by atoms with Crippen LogP contribution in [0.15, 0.2) is 69.3 Å². The molecule has 3 aromatic heterocycles. The van der Waals surface area contributed by atoms with Gasteiger partial charge in [-0.15, -0.1) is 11.3 Å². The van der Waals surface area contributed by atoms with Gasteiger partial charge in [-0.2, -0.15) is 0 Å². The average Bonchev–Trinajstić information content (AvgIpc) is 3.54. The smallest absolute Gasteiger partial charge is 0.338 e. The van der Waals surface area contributed by atoms with Crippen molar-refractivity contribution in [3.05, 3.63) is 107 Å². The van der Waals surface area contributed by atoms with Gasteiger partial charge in [0.1, 0.15) is 6.04 Å². The van der Waals surface area contributed by atoms with Crippen LogP contribution in [0.4, 0.5) is 0 Å². The molecule has 0 aliphatic carbocycles. The van der Waals surface area contributed by atoms with Crippen LogP contribution in [0.25, 0.3) is 11.8 Å². The van der Waals surface area contributed by atoms with Crippen LogP contribution >= 0.6 is 22.7 Å². The minimum Gasteiger partial charge on any atom is -0.463 e. The molecule has 6 nitrogen and oxygen atoms in total. The highest BCUT2D eigenvalue weighted by molar-refractivity contribution is 7.10. The van der Waals surface area contributed by atoms with Crippen LogP contribution in [0.2, 0.25) is 0 Å². The zero-order valence-electron chi connectivity index (χ0n) is 19.0. The summed E-state index contributed by atoms with van der Waals surface area (Å²) in [5.74, 6) is -0.463. The Morgan fingerprint density at radius 2 is 2.00 bits per heavy atom. The first-order chi connectivity index (χ1) is 16.5. The lowest BCUT2D eigenvalue weighted by Crippen LogP contribution is -2.39. The number of fused-ring (bicyclic) bond motifs is 1. The van der Waals surface area contributed by atoms with E-state index in [1.807, 2.05) is 73.8 Å². The number of aromatic nitrogens is 2. The highest BCUT2D eigenvalue weighted by atomic mass is 32.1. The van der Waals surface area contributed by atoms with Gasteiger partial charge in [0.15, 0.2) is 4.80 Å². The fourth-order valence-electron chi connectivity index (χ4n) is 4.19. The molecule has 0 spiro atoms. The Kier molecular flexibility index (Phi) is 5.93. The maximum absolute atomic E-state index is 13.7. The fourth-order valence-corrected chi connectivity index (χ4v) is 6.01. The van der Waals surface area contributed by atoms with E-state index in [1.54, 1.807) is 11.5 Å². The molecular formula is C26H23N3O3S2. The number of carbonyl (C=O) groups excluding carboxylic acids is 1. The molecular weight excluding hydrogens is 466 g/mol. The molecule has 0 fully saturated rings. The van der Waals surface area contributed by atoms with Crippen LogP contribution in [-0.2, 0) is 9.53 Å². The van der Waals surface area contributed by atoms with Gasteiger partial charge in [-0.3, -0.25) is 9.36 Å². The second kappa shape index (κ2) is 9.04. The molecule has 0 radical (unpaired) electrons. The van der Waals surface area contributed by atoms with Gasteiger partial charge in [-0.1, -0.05) is 47.7 Å². The summed E-state index contributed by atoms with van der Waals surface area (Å²) in [7, 11) is 0. The standard InChI is InChI=1S/C26H23N3O3S2/c1-4-32-25(31)21-22(17-9-6-5-7-10-17)28-26-29(23(21)19-11-8-12-33-19)24(30)20(34-26)14-18-13-15(2)27-16(18)3/h5-14,23,27H,4H2,1-3H3/t23-/m1/s1. The number of aryl methyl sites for hydroxylation is 2. The summed E-state index contributed by atoms with van der Waals surface area (Å²) in [5, 5.41) is 1.95. The number of thiophene rings is 1. The Labute approximate surface area is 204 Å². The summed E-state index contributed by atoms with van der Waals surface area (Å²) in [6.07, 6.45) is 1.89. The van der Waals surface area contributed by atoms with Gasteiger partial charge < -0.3 is 9.72 Å². The molecule has 0 saturated heterocycles. The third kappa shape index (κ3) is 3.89. The van der Waals surface area contributed by atoms with E-state index in [-0.39, 0.29) is 12.2 Å². The van der Waals surface area contributed by atoms with Crippen molar-refractivity contribution in [2.45, 2.75) is 26.8 Å². The van der Waals surface area contributed by atoms with Crippen molar-refractivity contribution in [1.82, 2.24) is 9.55 Å². The number of nitrogens with zero attached hydrogens (tertiary/aromatic N) is 2. The number of esters is 1. The Morgan fingerprint density at radius 3 is 2.65 bits per heavy atom. The number of hydrogen-bond acceptors (Lipinski definition) is 6. The van der Waals surface area contributed by atoms with Gasteiger partial charge in [0.05, 0.1) is 22.4 Å². The summed E-state index contributed by atoms with van der Waals surface area (Å²) in [6, 6.07) is 14.9. The molecule has 5 rings (SSSR count). The van der Waals surface area contributed by atoms with Gasteiger partial charge >= 0.3 is 5.97 Å². The monoisotopic (exact) mass is 489 g/mol. The van der Waals surface area contributed by atoms with Crippen molar-refractivity contribution < 1.29 is 9.53 Å². The molecule has 0 unspecified atom stereocenters. The molecule has 172 valence electrons. The quantitative estimate of drug-likeness (QED) is 0.432. The predicted molar refractivity (Wildman–Crippen MR) is 136 cm³/mol. The van der Waals surface area contributed by atoms with E-state index in [2.05, 4.69) is 4.98 Å². The topological polar surface area (TPSA) is 76.4 Å². The van der Waals surface area contributed by atoms with E-state index in [1.165, 1.54) is 22.7 Å². The normalized spacial score (nSPS) is 15.9. The van der Waals surface area contributed by atoms with Gasteiger partial charge in [-0.05, 0) is 49.9 Å². The zero-order valence-corrected chi connectivity index (χ0v) is 20.6. The van der Waals surface area contributed by atoms with Crippen molar-refractivity contribution in [3.63, 3.8) is 0 Å². The number of nitrogens with one attached hydrogen (secondary N) is 1. The molecule has 34 heavy (non-hydrogen) atoms. The molecule has 0 amide bonds.